The van der Waals surface area contributed by atoms with E-state index in [0.29, 0.717) is 44.2 Å². The minimum Gasteiger partial charge on any atom is -0.491 e. The Labute approximate surface area is 236 Å². The van der Waals surface area contributed by atoms with Gasteiger partial charge in [0, 0.05) is 22.4 Å². The van der Waals surface area contributed by atoms with E-state index >= 15 is 0 Å². The molecule has 0 aliphatic rings. The minimum atomic E-state index is -1.01. The van der Waals surface area contributed by atoms with Crippen LogP contribution in [0.4, 0.5) is 26.7 Å². The van der Waals surface area contributed by atoms with Crippen LogP contribution in [-0.2, 0) is 5.75 Å². The minimum absolute atomic E-state index is 0.00126. The zero-order valence-electron chi connectivity index (χ0n) is 20.1. The van der Waals surface area contributed by atoms with Gasteiger partial charge in [0.05, 0.1) is 29.5 Å². The van der Waals surface area contributed by atoms with E-state index in [4.69, 9.17) is 33.8 Å². The van der Waals surface area contributed by atoms with Crippen LogP contribution in [0.2, 0.25) is 5.02 Å². The molecule has 0 saturated heterocycles. The second-order valence-corrected chi connectivity index (χ2v) is 10.2. The van der Waals surface area contributed by atoms with E-state index < -0.39 is 18.5 Å². The number of thiazole rings is 1. The van der Waals surface area contributed by atoms with Gasteiger partial charge in [0.2, 0.25) is 5.69 Å². The fraction of sp³-hybridized carbons (Fsp3) is 0.154. The molecule has 39 heavy (non-hydrogen) atoms. The fourth-order valence-corrected chi connectivity index (χ4v) is 5.31. The number of nitrogen functional groups attached to an aromatic ring is 1. The summed E-state index contributed by atoms with van der Waals surface area (Å²) in [6.07, 6.45) is -1.01. The summed E-state index contributed by atoms with van der Waals surface area (Å²) in [5, 5.41) is 34.3. The molecule has 0 aliphatic carbocycles. The van der Waals surface area contributed by atoms with E-state index in [1.807, 2.05) is 5.38 Å². The Morgan fingerprint density at radius 3 is 2.72 bits per heavy atom. The van der Waals surface area contributed by atoms with Crippen LogP contribution in [0, 0.1) is 23.7 Å². The second-order valence-electron chi connectivity index (χ2n) is 7.98. The van der Waals surface area contributed by atoms with Gasteiger partial charge in [-0.3, -0.25) is 0 Å². The number of hydrogen-bond acceptors (Lipinski definition) is 10. The van der Waals surface area contributed by atoms with Gasteiger partial charge in [-0.25, -0.2) is 19.2 Å². The SMILES string of the molecule is [C-]#[N+]c1c(N)nc(SCc2csc(Nc3ccc(F)c(Cl)c3)n2)c(C#N)c1-c1ccc(OC[C@H](O)CO)cc1. The van der Waals surface area contributed by atoms with Crippen molar-refractivity contribution in [2.45, 2.75) is 16.9 Å². The van der Waals surface area contributed by atoms with Crippen LogP contribution < -0.4 is 15.8 Å². The summed E-state index contributed by atoms with van der Waals surface area (Å²) in [5.41, 5.74) is 8.63. The molecule has 0 radical (unpaired) electrons. The zero-order chi connectivity index (χ0) is 27.9. The molecule has 0 aliphatic heterocycles. The molecule has 2 aromatic carbocycles. The van der Waals surface area contributed by atoms with Gasteiger partial charge >= 0.3 is 0 Å². The lowest BCUT2D eigenvalue weighted by Crippen LogP contribution is -2.21. The first-order chi connectivity index (χ1) is 18.8. The first kappa shape index (κ1) is 28.1. The summed E-state index contributed by atoms with van der Waals surface area (Å²) in [5.74, 6) is 0.313. The summed E-state index contributed by atoms with van der Waals surface area (Å²) >= 11 is 8.45. The molecule has 4 aromatic rings. The lowest BCUT2D eigenvalue weighted by Gasteiger charge is -2.14. The first-order valence-corrected chi connectivity index (χ1v) is 13.5. The molecule has 0 spiro atoms. The number of nitrogens with zero attached hydrogens (tertiary/aromatic N) is 4. The number of rotatable bonds is 10. The van der Waals surface area contributed by atoms with Crippen molar-refractivity contribution >= 4 is 57.0 Å². The maximum Gasteiger partial charge on any atom is 0.236 e. The lowest BCUT2D eigenvalue weighted by molar-refractivity contribution is 0.0536. The molecule has 2 heterocycles. The van der Waals surface area contributed by atoms with Crippen molar-refractivity contribution in [1.29, 1.82) is 5.26 Å². The van der Waals surface area contributed by atoms with Gasteiger partial charge in [-0.2, -0.15) is 5.26 Å². The highest BCUT2D eigenvalue weighted by Gasteiger charge is 2.21. The first-order valence-electron chi connectivity index (χ1n) is 11.2. The molecule has 0 amide bonds. The molecule has 5 N–H and O–H groups in total. The van der Waals surface area contributed by atoms with Crippen LogP contribution in [0.3, 0.4) is 0 Å². The molecule has 9 nitrogen and oxygen atoms in total. The van der Waals surface area contributed by atoms with Crippen LogP contribution in [0.5, 0.6) is 5.75 Å². The summed E-state index contributed by atoms with van der Waals surface area (Å²) in [4.78, 5) is 12.4. The molecule has 198 valence electrons. The Morgan fingerprint density at radius 1 is 1.28 bits per heavy atom. The van der Waals surface area contributed by atoms with Crippen LogP contribution in [0.25, 0.3) is 16.0 Å². The Balaban J connectivity index is 1.55. The summed E-state index contributed by atoms with van der Waals surface area (Å²) < 4.78 is 18.9. The van der Waals surface area contributed by atoms with Crippen molar-refractivity contribution in [1.82, 2.24) is 9.97 Å². The van der Waals surface area contributed by atoms with Crippen molar-refractivity contribution in [2.24, 2.45) is 0 Å². The predicted molar refractivity (Wildman–Crippen MR) is 150 cm³/mol. The number of nitrogens with one attached hydrogen (secondary N) is 1. The lowest BCUT2D eigenvalue weighted by atomic mass is 10.00. The van der Waals surface area contributed by atoms with Gasteiger partial charge < -0.3 is 26.0 Å². The van der Waals surface area contributed by atoms with E-state index in [9.17, 15) is 14.8 Å². The maximum absolute atomic E-state index is 13.4. The average Bonchev–Trinajstić information content (AvgIpc) is 3.39. The van der Waals surface area contributed by atoms with E-state index in [1.165, 1.54) is 35.2 Å². The van der Waals surface area contributed by atoms with Crippen molar-refractivity contribution in [3.8, 4) is 22.9 Å². The second kappa shape index (κ2) is 12.8. The number of pyridine rings is 1. The number of aliphatic hydroxyl groups is 2. The number of aromatic nitrogens is 2. The van der Waals surface area contributed by atoms with Gasteiger partial charge in [0.25, 0.3) is 0 Å². The Morgan fingerprint density at radius 2 is 2.05 bits per heavy atom. The summed E-state index contributed by atoms with van der Waals surface area (Å²) in [6.45, 7) is 7.12. The number of nitrogens with two attached hydrogens (primary N) is 1. The van der Waals surface area contributed by atoms with Crippen molar-refractivity contribution in [2.75, 3.05) is 24.3 Å². The molecule has 1 atom stereocenters. The predicted octanol–water partition coefficient (Wildman–Crippen LogP) is 5.77. The Hall–Kier alpha value is -3.91. The largest absolute Gasteiger partial charge is 0.491 e. The Kier molecular flexibility index (Phi) is 9.19. The van der Waals surface area contributed by atoms with Crippen molar-refractivity contribution in [3.63, 3.8) is 0 Å². The highest BCUT2D eigenvalue weighted by atomic mass is 35.5. The van der Waals surface area contributed by atoms with E-state index in [0.717, 1.165) is 0 Å². The number of thioether (sulfide) groups is 1. The van der Waals surface area contributed by atoms with E-state index in [1.54, 1.807) is 30.3 Å². The number of halogens is 2. The number of benzene rings is 2. The number of anilines is 3. The molecule has 0 saturated carbocycles. The molecular weight excluding hydrogens is 563 g/mol. The van der Waals surface area contributed by atoms with Gasteiger partial charge in [0.1, 0.15) is 41.2 Å². The summed E-state index contributed by atoms with van der Waals surface area (Å²) in [7, 11) is 0. The number of aliphatic hydroxyl groups excluding tert-OH is 2. The van der Waals surface area contributed by atoms with Crippen molar-refractivity contribution < 1.29 is 19.3 Å². The topological polar surface area (TPSA) is 142 Å². The number of hydrogen-bond donors (Lipinski definition) is 4. The third-order valence-electron chi connectivity index (χ3n) is 5.26. The summed E-state index contributed by atoms with van der Waals surface area (Å²) in [6, 6.07) is 13.1. The molecule has 0 unspecified atom stereocenters. The van der Waals surface area contributed by atoms with E-state index in [2.05, 4.69) is 26.2 Å². The maximum atomic E-state index is 13.4. The average molecular weight is 583 g/mol. The highest BCUT2D eigenvalue weighted by Crippen LogP contribution is 2.42. The third kappa shape index (κ3) is 6.75. The molecular formula is C26H20ClFN6O3S2. The van der Waals surface area contributed by atoms with E-state index in [-0.39, 0.29) is 28.7 Å². The highest BCUT2D eigenvalue weighted by molar-refractivity contribution is 7.98. The molecule has 0 bridgehead atoms. The molecule has 2 aromatic heterocycles. The monoisotopic (exact) mass is 582 g/mol. The number of nitriles is 1. The van der Waals surface area contributed by atoms with Gasteiger partial charge in [0.15, 0.2) is 5.13 Å². The van der Waals surface area contributed by atoms with Crippen LogP contribution in [-0.4, -0.2) is 39.5 Å². The smallest absolute Gasteiger partial charge is 0.236 e. The third-order valence-corrected chi connectivity index (χ3v) is 7.37. The van der Waals surface area contributed by atoms with Crippen LogP contribution in [0.15, 0.2) is 52.9 Å². The van der Waals surface area contributed by atoms with Gasteiger partial charge in [-0.1, -0.05) is 35.5 Å². The zero-order valence-corrected chi connectivity index (χ0v) is 22.4. The van der Waals surface area contributed by atoms with Crippen molar-refractivity contribution in [3.05, 3.63) is 81.4 Å². The molecule has 4 rings (SSSR count). The van der Waals surface area contributed by atoms with Crippen LogP contribution >= 0.6 is 34.7 Å². The quantitative estimate of drug-likeness (QED) is 0.135. The Bertz CT molecular complexity index is 1570. The molecule has 0 fully saturated rings. The normalized spacial score (nSPS) is 11.4. The van der Waals surface area contributed by atoms with Gasteiger partial charge in [-0.15, -0.1) is 11.3 Å². The number of ether oxygens (including phenoxy) is 1. The van der Waals surface area contributed by atoms with Crippen LogP contribution in [0.1, 0.15) is 11.3 Å². The molecule has 13 heteroatoms. The van der Waals surface area contributed by atoms with Gasteiger partial charge in [-0.05, 0) is 35.9 Å². The fourth-order valence-electron chi connectivity index (χ4n) is 3.41. The standard InChI is InChI=1S/C26H20ClFN6O3S2/c1-31-23-22(14-2-5-18(6-3-14)37-11-17(36)10-35)19(9-29)25(34-24(23)30)38-12-16-13-39-26(33-16)32-15-4-7-21(28)20(27)8-15/h2-8,13,17,35-36H,10-12H2,(H2,30,34)(H,32,33)/t17-/m1/s1.